The van der Waals surface area contributed by atoms with Crippen molar-refractivity contribution in [1.29, 1.82) is 0 Å². The molecule has 0 aliphatic carbocycles. The predicted molar refractivity (Wildman–Crippen MR) is 234 cm³/mol. The van der Waals surface area contributed by atoms with Gasteiger partial charge in [0, 0.05) is 28.1 Å². The maximum Gasteiger partial charge on any atom is 0.336 e. The summed E-state index contributed by atoms with van der Waals surface area (Å²) in [5, 5.41) is 15.3. The average molecular weight is 771 g/mol. The Labute approximate surface area is 338 Å². The predicted octanol–water partition coefficient (Wildman–Crippen LogP) is 11.9. The van der Waals surface area contributed by atoms with Gasteiger partial charge in [0.1, 0.15) is 11.5 Å². The SMILES string of the molecule is CCCCc1ccc2c(c1)C(=Cc1cc(C(C)C)c(OC)c(C(C)C)c1)C(=O)N2.COc1c(C(C)C)cc(C=C2C(=O)Nc3cccc(C(=O)O)c32)cc1C(C)C. The Balaban J connectivity index is 0.000000218. The summed E-state index contributed by atoms with van der Waals surface area (Å²) in [5.74, 6) is 1.62. The van der Waals surface area contributed by atoms with E-state index in [-0.39, 0.29) is 29.2 Å². The Morgan fingerprint density at radius 2 is 1.14 bits per heavy atom. The van der Waals surface area contributed by atoms with Gasteiger partial charge in [0.2, 0.25) is 0 Å². The molecule has 2 amide bonds. The summed E-state index contributed by atoms with van der Waals surface area (Å²) in [6.07, 6.45) is 7.17. The molecule has 0 radical (unpaired) electrons. The second kappa shape index (κ2) is 18.1. The number of nitrogens with one attached hydrogen (secondary N) is 2. The topological polar surface area (TPSA) is 114 Å². The van der Waals surface area contributed by atoms with Crippen LogP contribution in [-0.2, 0) is 16.0 Å². The highest BCUT2D eigenvalue weighted by Crippen LogP contribution is 2.41. The first kappa shape index (κ1) is 42.5. The highest BCUT2D eigenvalue weighted by Gasteiger charge is 2.30. The average Bonchev–Trinajstić information content (AvgIpc) is 3.66. The van der Waals surface area contributed by atoms with Gasteiger partial charge in [-0.25, -0.2) is 4.79 Å². The zero-order valence-electron chi connectivity index (χ0n) is 35.3. The molecule has 57 heavy (non-hydrogen) atoms. The largest absolute Gasteiger partial charge is 0.496 e. The van der Waals surface area contributed by atoms with Crippen molar-refractivity contribution in [3.05, 3.63) is 116 Å². The fourth-order valence-electron chi connectivity index (χ4n) is 7.56. The summed E-state index contributed by atoms with van der Waals surface area (Å²) < 4.78 is 11.4. The number of aromatic carboxylic acids is 1. The number of carboxylic acids is 1. The number of anilines is 2. The van der Waals surface area contributed by atoms with Gasteiger partial charge in [-0.2, -0.15) is 0 Å². The number of carboxylic acid groups (broad SMARTS) is 1. The van der Waals surface area contributed by atoms with Gasteiger partial charge in [-0.1, -0.05) is 80.9 Å². The van der Waals surface area contributed by atoms with Gasteiger partial charge >= 0.3 is 5.97 Å². The van der Waals surface area contributed by atoms with E-state index in [2.05, 4.69) is 97.2 Å². The summed E-state index contributed by atoms with van der Waals surface area (Å²) in [5.41, 5.74) is 11.8. The molecule has 0 saturated heterocycles. The van der Waals surface area contributed by atoms with Crippen LogP contribution in [0.1, 0.15) is 159 Å². The number of fused-ring (bicyclic) bond motifs is 2. The number of rotatable bonds is 12. The monoisotopic (exact) mass is 770 g/mol. The van der Waals surface area contributed by atoms with Gasteiger partial charge in [0.15, 0.2) is 0 Å². The third-order valence-corrected chi connectivity index (χ3v) is 10.6. The quantitative estimate of drug-likeness (QED) is 0.124. The third kappa shape index (κ3) is 9.17. The fourth-order valence-corrected chi connectivity index (χ4v) is 7.56. The van der Waals surface area contributed by atoms with Crippen LogP contribution in [0, 0.1) is 0 Å². The minimum Gasteiger partial charge on any atom is -0.496 e. The lowest BCUT2D eigenvalue weighted by Gasteiger charge is -2.19. The molecule has 2 heterocycles. The van der Waals surface area contributed by atoms with Crippen LogP contribution in [0.2, 0.25) is 0 Å². The number of hydrogen-bond donors (Lipinski definition) is 3. The van der Waals surface area contributed by atoms with Gasteiger partial charge < -0.3 is 25.2 Å². The van der Waals surface area contributed by atoms with E-state index in [1.54, 1.807) is 32.4 Å². The van der Waals surface area contributed by atoms with E-state index in [0.717, 1.165) is 63.4 Å². The Morgan fingerprint density at radius 1 is 0.667 bits per heavy atom. The summed E-state index contributed by atoms with van der Waals surface area (Å²) in [6, 6.07) is 19.5. The lowest BCUT2D eigenvalue weighted by molar-refractivity contribution is -0.111. The van der Waals surface area contributed by atoms with E-state index in [1.807, 2.05) is 24.3 Å². The van der Waals surface area contributed by atoms with Crippen LogP contribution < -0.4 is 20.1 Å². The highest BCUT2D eigenvalue weighted by molar-refractivity contribution is 6.36. The molecule has 2 aliphatic rings. The minimum atomic E-state index is -1.06. The Hall–Kier alpha value is -5.63. The lowest BCUT2D eigenvalue weighted by Crippen LogP contribution is -2.05. The standard InChI is InChI=1S/C26H33NO2.C23H25NO4/c1-7-8-9-18-10-11-24-22(12-18)23(26(28)27-24)15-19-13-20(16(2)3)25(29-6)21(14-19)17(4)5;1-12(2)16-9-14(10-17(13(3)4)21(16)28-5)11-18-20-15(23(26)27)7-6-8-19(20)24-22(18)25/h10-17H,7-9H2,1-6H3,(H,27,28);6-13H,1-5H3,(H,24,25)(H,26,27). The zero-order chi connectivity index (χ0) is 41.7. The normalized spacial score (nSPS) is 14.6. The van der Waals surface area contributed by atoms with Crippen molar-refractivity contribution in [3.8, 4) is 11.5 Å². The number of aryl methyl sites for hydroxylation is 1. The first-order valence-electron chi connectivity index (χ1n) is 20.1. The molecule has 0 unspecified atom stereocenters. The number of carbonyl (C=O) groups is 3. The number of hydrogen-bond acceptors (Lipinski definition) is 5. The van der Waals surface area contributed by atoms with E-state index in [4.69, 9.17) is 9.47 Å². The van der Waals surface area contributed by atoms with Crippen molar-refractivity contribution in [1.82, 2.24) is 0 Å². The first-order valence-corrected chi connectivity index (χ1v) is 20.1. The fraction of sp³-hybridized carbons (Fsp3) is 0.367. The molecular formula is C49H58N2O6. The summed E-state index contributed by atoms with van der Waals surface area (Å²) in [7, 11) is 3.41. The van der Waals surface area contributed by atoms with Crippen LogP contribution >= 0.6 is 0 Å². The molecule has 0 saturated carbocycles. The van der Waals surface area contributed by atoms with Gasteiger partial charge in [-0.3, -0.25) is 9.59 Å². The van der Waals surface area contributed by atoms with Crippen LogP contribution in [0.5, 0.6) is 11.5 Å². The van der Waals surface area contributed by atoms with Gasteiger partial charge in [0.25, 0.3) is 11.8 Å². The first-order chi connectivity index (χ1) is 27.1. The van der Waals surface area contributed by atoms with E-state index in [0.29, 0.717) is 28.7 Å². The molecule has 0 spiro atoms. The molecule has 0 atom stereocenters. The van der Waals surface area contributed by atoms with Crippen LogP contribution in [0.4, 0.5) is 11.4 Å². The second-order valence-electron chi connectivity index (χ2n) is 16.1. The summed E-state index contributed by atoms with van der Waals surface area (Å²) in [6.45, 7) is 19.3. The number of benzene rings is 4. The minimum absolute atomic E-state index is 0.0272. The molecular weight excluding hydrogens is 713 g/mol. The molecule has 3 N–H and O–H groups in total. The van der Waals surface area contributed by atoms with Crippen LogP contribution in [-0.4, -0.2) is 37.1 Å². The van der Waals surface area contributed by atoms with Crippen molar-refractivity contribution in [3.63, 3.8) is 0 Å². The number of methoxy groups -OCH3 is 2. The number of ether oxygens (including phenoxy) is 2. The molecule has 0 bridgehead atoms. The van der Waals surface area contributed by atoms with E-state index >= 15 is 0 Å². The highest BCUT2D eigenvalue weighted by atomic mass is 16.5. The number of carbonyl (C=O) groups excluding carboxylic acids is 2. The lowest BCUT2D eigenvalue weighted by atomic mass is 9.90. The maximum absolute atomic E-state index is 12.7. The Bertz CT molecular complexity index is 2180. The molecule has 6 rings (SSSR count). The zero-order valence-corrected chi connectivity index (χ0v) is 35.3. The van der Waals surface area contributed by atoms with Gasteiger partial charge in [-0.15, -0.1) is 0 Å². The number of unbranched alkanes of at least 4 members (excludes halogenated alkanes) is 1. The third-order valence-electron chi connectivity index (χ3n) is 10.6. The molecule has 4 aromatic carbocycles. The van der Waals surface area contributed by atoms with Gasteiger partial charge in [0.05, 0.1) is 25.4 Å². The molecule has 8 heteroatoms. The van der Waals surface area contributed by atoms with Crippen molar-refractivity contribution < 1.29 is 29.0 Å². The second-order valence-corrected chi connectivity index (χ2v) is 16.1. The maximum atomic E-state index is 12.7. The van der Waals surface area contributed by atoms with Crippen LogP contribution in [0.3, 0.4) is 0 Å². The van der Waals surface area contributed by atoms with E-state index in [1.165, 1.54) is 29.2 Å². The Kier molecular flexibility index (Phi) is 13.5. The smallest absolute Gasteiger partial charge is 0.336 e. The summed E-state index contributed by atoms with van der Waals surface area (Å²) in [4.78, 5) is 36.9. The van der Waals surface area contributed by atoms with Crippen LogP contribution in [0.25, 0.3) is 23.3 Å². The molecule has 2 aliphatic heterocycles. The molecule has 8 nitrogen and oxygen atoms in total. The van der Waals surface area contributed by atoms with E-state index in [9.17, 15) is 19.5 Å². The molecule has 300 valence electrons. The molecule has 0 fully saturated rings. The molecule has 0 aromatic heterocycles. The van der Waals surface area contributed by atoms with Crippen molar-refractivity contribution in [2.24, 2.45) is 0 Å². The van der Waals surface area contributed by atoms with Crippen molar-refractivity contribution in [2.75, 3.05) is 24.9 Å². The Morgan fingerprint density at radius 3 is 1.60 bits per heavy atom. The van der Waals surface area contributed by atoms with Crippen molar-refractivity contribution >= 4 is 52.5 Å². The van der Waals surface area contributed by atoms with Crippen molar-refractivity contribution in [2.45, 2.75) is 105 Å². The number of amides is 2. The van der Waals surface area contributed by atoms with Gasteiger partial charge in [-0.05, 0) is 136 Å². The van der Waals surface area contributed by atoms with E-state index < -0.39 is 5.97 Å². The van der Waals surface area contributed by atoms with Crippen LogP contribution in [0.15, 0.2) is 60.7 Å². The summed E-state index contributed by atoms with van der Waals surface area (Å²) >= 11 is 0. The molecule has 4 aromatic rings.